The number of hydrogen-bond donors (Lipinski definition) is 3. The predicted molar refractivity (Wildman–Crippen MR) is 141 cm³/mol. The van der Waals surface area contributed by atoms with Crippen molar-refractivity contribution in [3.05, 3.63) is 59.7 Å². The van der Waals surface area contributed by atoms with Gasteiger partial charge in [0.15, 0.2) is 0 Å². The Morgan fingerprint density at radius 1 is 0.629 bits per heavy atom. The zero-order valence-corrected chi connectivity index (χ0v) is 21.2. The molecule has 0 aliphatic heterocycles. The summed E-state index contributed by atoms with van der Waals surface area (Å²) in [4.78, 5) is 11.1. The molecule has 35 heavy (non-hydrogen) atoms. The van der Waals surface area contributed by atoms with Crippen molar-refractivity contribution in [3.8, 4) is 23.0 Å². The summed E-state index contributed by atoms with van der Waals surface area (Å²) in [6.07, 6.45) is 20.6. The molecule has 0 unspecified atom stereocenters. The number of ether oxygens (including phenoxy) is 1. The summed E-state index contributed by atoms with van der Waals surface area (Å²) >= 11 is 0. The van der Waals surface area contributed by atoms with Gasteiger partial charge in [0, 0.05) is 19.1 Å². The lowest BCUT2D eigenvalue weighted by atomic mass is 10.0. The highest BCUT2D eigenvalue weighted by Gasteiger charge is 2.04. The van der Waals surface area contributed by atoms with E-state index in [2.05, 4.69) is 12.2 Å². The van der Waals surface area contributed by atoms with E-state index in [1.165, 1.54) is 64.0 Å². The standard InChI is InChI=1S/C30H42O5/c1-24(31)35-30-21-26(20-29(34)23-30)17-15-13-11-9-7-5-3-2-4-6-8-10-12-14-16-25-18-27(32)22-28(33)19-25/h2-3,18-23,32-34H,4-17H2,1H3/b3-2-. The molecule has 5 nitrogen and oxygen atoms in total. The van der Waals surface area contributed by atoms with Crippen LogP contribution in [0.4, 0.5) is 0 Å². The number of hydrogen-bond acceptors (Lipinski definition) is 5. The van der Waals surface area contributed by atoms with E-state index in [4.69, 9.17) is 4.74 Å². The SMILES string of the molecule is CC(=O)Oc1cc(O)cc(CCCCCCC/C=C\CCCCCCCc2cc(O)cc(O)c2)c1. The maximum absolute atomic E-state index is 11.1. The Labute approximate surface area is 210 Å². The van der Waals surface area contributed by atoms with Gasteiger partial charge in [0.1, 0.15) is 23.0 Å². The number of aromatic hydroxyl groups is 3. The fourth-order valence-corrected chi connectivity index (χ4v) is 4.29. The Hall–Kier alpha value is -2.95. The smallest absolute Gasteiger partial charge is 0.308 e. The molecule has 2 rings (SSSR count). The molecule has 0 amide bonds. The van der Waals surface area contributed by atoms with Crippen molar-refractivity contribution in [2.24, 2.45) is 0 Å². The third-order valence-electron chi connectivity index (χ3n) is 6.01. The Balaban J connectivity index is 1.40. The van der Waals surface area contributed by atoms with Gasteiger partial charge >= 0.3 is 5.97 Å². The third kappa shape index (κ3) is 13.5. The first-order valence-corrected chi connectivity index (χ1v) is 13.1. The van der Waals surface area contributed by atoms with Gasteiger partial charge in [-0.1, -0.05) is 50.7 Å². The van der Waals surface area contributed by atoms with Crippen molar-refractivity contribution in [1.82, 2.24) is 0 Å². The minimum atomic E-state index is -0.378. The number of esters is 1. The van der Waals surface area contributed by atoms with Crippen LogP contribution in [0, 0.1) is 0 Å². The molecule has 0 aromatic heterocycles. The van der Waals surface area contributed by atoms with Gasteiger partial charge in [-0.05, 0) is 86.8 Å². The second-order valence-electron chi connectivity index (χ2n) is 9.37. The first-order chi connectivity index (χ1) is 16.9. The van der Waals surface area contributed by atoms with E-state index in [-0.39, 0.29) is 23.2 Å². The Morgan fingerprint density at radius 3 is 1.57 bits per heavy atom. The molecule has 0 saturated carbocycles. The van der Waals surface area contributed by atoms with Crippen LogP contribution in [-0.4, -0.2) is 21.3 Å². The average molecular weight is 483 g/mol. The first kappa shape index (κ1) is 28.3. The number of allylic oxidation sites excluding steroid dienone is 2. The van der Waals surface area contributed by atoms with Crippen molar-refractivity contribution in [3.63, 3.8) is 0 Å². The molecule has 0 saturated heterocycles. The van der Waals surface area contributed by atoms with E-state index in [9.17, 15) is 20.1 Å². The van der Waals surface area contributed by atoms with E-state index in [1.807, 2.05) is 6.07 Å². The third-order valence-corrected chi connectivity index (χ3v) is 6.01. The summed E-state index contributed by atoms with van der Waals surface area (Å²) in [6, 6.07) is 9.85. The Bertz CT molecular complexity index is 899. The number of rotatable bonds is 17. The summed E-state index contributed by atoms with van der Waals surface area (Å²) in [5.41, 5.74) is 2.00. The molecule has 0 fully saturated rings. The topological polar surface area (TPSA) is 87.0 Å². The molecule has 0 bridgehead atoms. The van der Waals surface area contributed by atoms with Gasteiger partial charge in [-0.3, -0.25) is 4.79 Å². The Kier molecular flexibility index (Phi) is 13.4. The summed E-state index contributed by atoms with van der Waals surface area (Å²) < 4.78 is 5.07. The van der Waals surface area contributed by atoms with E-state index >= 15 is 0 Å². The molecular weight excluding hydrogens is 440 g/mol. The number of benzene rings is 2. The van der Waals surface area contributed by atoms with Crippen LogP contribution in [0.5, 0.6) is 23.0 Å². The van der Waals surface area contributed by atoms with Gasteiger partial charge in [-0.2, -0.15) is 0 Å². The van der Waals surface area contributed by atoms with Crippen molar-refractivity contribution in [1.29, 1.82) is 0 Å². The largest absolute Gasteiger partial charge is 0.508 e. The molecule has 5 heteroatoms. The molecule has 0 atom stereocenters. The number of aryl methyl sites for hydroxylation is 2. The second-order valence-corrected chi connectivity index (χ2v) is 9.37. The minimum Gasteiger partial charge on any atom is -0.508 e. The fraction of sp³-hybridized carbons (Fsp3) is 0.500. The number of phenolic OH excluding ortho intramolecular Hbond substituents is 3. The summed E-state index contributed by atoms with van der Waals surface area (Å²) in [6.45, 7) is 1.36. The van der Waals surface area contributed by atoms with Crippen LogP contribution in [-0.2, 0) is 17.6 Å². The van der Waals surface area contributed by atoms with Gasteiger partial charge in [-0.15, -0.1) is 0 Å². The molecule has 0 aliphatic rings. The monoisotopic (exact) mass is 482 g/mol. The zero-order valence-electron chi connectivity index (χ0n) is 21.2. The lowest BCUT2D eigenvalue weighted by Crippen LogP contribution is -2.01. The van der Waals surface area contributed by atoms with E-state index < -0.39 is 0 Å². The minimum absolute atomic E-state index is 0.133. The lowest BCUT2D eigenvalue weighted by Gasteiger charge is -2.07. The lowest BCUT2D eigenvalue weighted by molar-refractivity contribution is -0.131. The van der Waals surface area contributed by atoms with Crippen molar-refractivity contribution in [2.45, 2.75) is 96.8 Å². The predicted octanol–water partition coefficient (Wildman–Crippen LogP) is 7.75. The van der Waals surface area contributed by atoms with E-state index in [0.717, 1.165) is 56.1 Å². The van der Waals surface area contributed by atoms with Crippen LogP contribution in [0.3, 0.4) is 0 Å². The molecule has 3 N–H and O–H groups in total. The van der Waals surface area contributed by atoms with Crippen LogP contribution in [0.15, 0.2) is 48.6 Å². The average Bonchev–Trinajstić information content (AvgIpc) is 2.77. The molecule has 2 aromatic rings. The highest BCUT2D eigenvalue weighted by molar-refractivity contribution is 5.69. The molecule has 0 heterocycles. The normalized spacial score (nSPS) is 11.2. The highest BCUT2D eigenvalue weighted by Crippen LogP contribution is 2.24. The molecule has 192 valence electrons. The summed E-state index contributed by atoms with van der Waals surface area (Å²) in [5, 5.41) is 28.8. The molecular formula is C30H42O5. The zero-order chi connectivity index (χ0) is 25.3. The van der Waals surface area contributed by atoms with Crippen LogP contribution >= 0.6 is 0 Å². The fourth-order valence-electron chi connectivity index (χ4n) is 4.29. The molecule has 0 radical (unpaired) electrons. The van der Waals surface area contributed by atoms with Crippen molar-refractivity contribution in [2.75, 3.05) is 0 Å². The van der Waals surface area contributed by atoms with Crippen LogP contribution in [0.2, 0.25) is 0 Å². The maximum Gasteiger partial charge on any atom is 0.308 e. The first-order valence-electron chi connectivity index (χ1n) is 13.1. The second kappa shape index (κ2) is 16.6. The van der Waals surface area contributed by atoms with Gasteiger partial charge in [-0.25, -0.2) is 0 Å². The van der Waals surface area contributed by atoms with Gasteiger partial charge in [0.05, 0.1) is 0 Å². The molecule has 0 aliphatic carbocycles. The van der Waals surface area contributed by atoms with Gasteiger partial charge < -0.3 is 20.1 Å². The van der Waals surface area contributed by atoms with Crippen molar-refractivity contribution >= 4 is 5.97 Å². The van der Waals surface area contributed by atoms with Crippen LogP contribution in [0.25, 0.3) is 0 Å². The Morgan fingerprint density at radius 2 is 1.06 bits per heavy atom. The number of unbranched alkanes of at least 4 members (excludes halogenated alkanes) is 10. The maximum atomic E-state index is 11.1. The molecule has 2 aromatic carbocycles. The highest BCUT2D eigenvalue weighted by atomic mass is 16.5. The van der Waals surface area contributed by atoms with Crippen LogP contribution in [0.1, 0.15) is 95.1 Å². The van der Waals surface area contributed by atoms with Gasteiger partial charge in [0.2, 0.25) is 0 Å². The van der Waals surface area contributed by atoms with E-state index in [1.54, 1.807) is 18.2 Å². The number of carbonyl (C=O) groups is 1. The quantitative estimate of drug-likeness (QED) is 0.0928. The van der Waals surface area contributed by atoms with Crippen molar-refractivity contribution < 1.29 is 24.9 Å². The number of phenols is 3. The van der Waals surface area contributed by atoms with E-state index in [0.29, 0.717) is 5.75 Å². The summed E-state index contributed by atoms with van der Waals surface area (Å²) in [7, 11) is 0. The van der Waals surface area contributed by atoms with Crippen LogP contribution < -0.4 is 4.74 Å². The molecule has 0 spiro atoms. The van der Waals surface area contributed by atoms with Gasteiger partial charge in [0.25, 0.3) is 0 Å². The summed E-state index contributed by atoms with van der Waals surface area (Å²) in [5.74, 6) is 0.433. The number of carbonyl (C=O) groups excluding carboxylic acids is 1.